The van der Waals surface area contributed by atoms with Crippen molar-refractivity contribution in [1.82, 2.24) is 5.32 Å². The average Bonchev–Trinajstić information content (AvgIpc) is 2.46. The number of hydrogen-bond acceptors (Lipinski definition) is 5. The Bertz CT molecular complexity index is 580. The zero-order chi connectivity index (χ0) is 16.0. The van der Waals surface area contributed by atoms with Crippen molar-refractivity contribution in [1.29, 1.82) is 5.26 Å². The van der Waals surface area contributed by atoms with E-state index in [1.165, 1.54) is 18.2 Å². The molecule has 0 heterocycles. The van der Waals surface area contributed by atoms with Crippen LogP contribution >= 0.6 is 0 Å². The Hall–Kier alpha value is -2.62. The highest BCUT2D eigenvalue weighted by Gasteiger charge is 2.20. The highest BCUT2D eigenvalue weighted by molar-refractivity contribution is 5.85. The van der Waals surface area contributed by atoms with Crippen LogP contribution in [0.4, 0.5) is 11.4 Å². The molecule has 0 spiro atoms. The number of carbonyl (C=O) groups is 1. The number of benzene rings is 1. The summed E-state index contributed by atoms with van der Waals surface area (Å²) in [6.45, 7) is 5.46. The molecule has 0 saturated heterocycles. The lowest BCUT2D eigenvalue weighted by molar-refractivity contribution is -0.384. The molecule has 7 nitrogen and oxygen atoms in total. The molecule has 1 amide bonds. The second kappa shape index (κ2) is 7.24. The van der Waals surface area contributed by atoms with Gasteiger partial charge in [-0.15, -0.1) is 0 Å². The number of amides is 1. The van der Waals surface area contributed by atoms with E-state index in [1.807, 2.05) is 19.9 Å². The minimum Gasteiger partial charge on any atom is -0.368 e. The molecule has 0 radical (unpaired) electrons. The van der Waals surface area contributed by atoms with E-state index in [0.29, 0.717) is 0 Å². The van der Waals surface area contributed by atoms with E-state index in [4.69, 9.17) is 5.26 Å². The normalized spacial score (nSPS) is 12.9. The molecular formula is C14H18N4O3. The molecule has 0 saturated carbocycles. The molecule has 2 atom stereocenters. The van der Waals surface area contributed by atoms with Crippen LogP contribution in [0.5, 0.6) is 0 Å². The molecule has 0 aliphatic heterocycles. The number of rotatable bonds is 6. The van der Waals surface area contributed by atoms with Gasteiger partial charge in [0.05, 0.1) is 16.6 Å². The summed E-state index contributed by atoms with van der Waals surface area (Å²) in [4.78, 5) is 22.4. The van der Waals surface area contributed by atoms with Gasteiger partial charge in [-0.25, -0.2) is 0 Å². The average molecular weight is 290 g/mol. The topological polar surface area (TPSA) is 108 Å². The van der Waals surface area contributed by atoms with Crippen molar-refractivity contribution < 1.29 is 9.72 Å². The molecule has 2 N–H and O–H groups in total. The predicted molar refractivity (Wildman–Crippen MR) is 78.8 cm³/mol. The quantitative estimate of drug-likeness (QED) is 0.616. The molecule has 0 aliphatic carbocycles. The summed E-state index contributed by atoms with van der Waals surface area (Å²) >= 11 is 0. The third-order valence-electron chi connectivity index (χ3n) is 3.09. The Morgan fingerprint density at radius 2 is 2.14 bits per heavy atom. The Morgan fingerprint density at radius 1 is 1.48 bits per heavy atom. The van der Waals surface area contributed by atoms with Gasteiger partial charge in [0.25, 0.3) is 5.69 Å². The third kappa shape index (κ3) is 4.45. The summed E-state index contributed by atoms with van der Waals surface area (Å²) in [5.41, 5.74) is 0.187. The molecule has 2 unspecified atom stereocenters. The Labute approximate surface area is 123 Å². The van der Waals surface area contributed by atoms with Crippen molar-refractivity contribution in [3.05, 3.63) is 33.9 Å². The van der Waals surface area contributed by atoms with Crippen LogP contribution in [-0.2, 0) is 4.79 Å². The third-order valence-corrected chi connectivity index (χ3v) is 3.09. The summed E-state index contributed by atoms with van der Waals surface area (Å²) in [5, 5.41) is 25.4. The van der Waals surface area contributed by atoms with Crippen LogP contribution in [-0.4, -0.2) is 22.9 Å². The van der Waals surface area contributed by atoms with E-state index < -0.39 is 11.0 Å². The highest BCUT2D eigenvalue weighted by Crippen LogP contribution is 2.25. The van der Waals surface area contributed by atoms with Crippen molar-refractivity contribution >= 4 is 17.3 Å². The number of nitro benzene ring substituents is 1. The first-order chi connectivity index (χ1) is 9.88. The minimum atomic E-state index is -0.620. The van der Waals surface area contributed by atoms with Gasteiger partial charge in [-0.2, -0.15) is 5.26 Å². The van der Waals surface area contributed by atoms with E-state index >= 15 is 0 Å². The molecule has 1 aromatic rings. The maximum Gasteiger partial charge on any atom is 0.293 e. The van der Waals surface area contributed by atoms with E-state index in [2.05, 4.69) is 10.6 Å². The zero-order valence-corrected chi connectivity index (χ0v) is 12.2. The molecule has 1 rings (SSSR count). The van der Waals surface area contributed by atoms with Crippen LogP contribution < -0.4 is 10.6 Å². The van der Waals surface area contributed by atoms with Gasteiger partial charge in [0.2, 0.25) is 5.91 Å². The first-order valence-corrected chi connectivity index (χ1v) is 6.64. The van der Waals surface area contributed by atoms with E-state index in [-0.39, 0.29) is 28.9 Å². The van der Waals surface area contributed by atoms with Gasteiger partial charge in [-0.3, -0.25) is 14.9 Å². The fourth-order valence-corrected chi connectivity index (χ4v) is 1.64. The van der Waals surface area contributed by atoms with Gasteiger partial charge in [-0.1, -0.05) is 6.92 Å². The lowest BCUT2D eigenvalue weighted by Gasteiger charge is -2.18. The molecule has 21 heavy (non-hydrogen) atoms. The molecular weight excluding hydrogens is 272 g/mol. The number of anilines is 1. The summed E-state index contributed by atoms with van der Waals surface area (Å²) in [6, 6.07) is 5.35. The van der Waals surface area contributed by atoms with Gasteiger partial charge in [-0.05, 0) is 32.4 Å². The monoisotopic (exact) mass is 290 g/mol. The first kappa shape index (κ1) is 16.4. The summed E-state index contributed by atoms with van der Waals surface area (Å²) < 4.78 is 0. The Kier molecular flexibility index (Phi) is 5.67. The summed E-state index contributed by atoms with van der Waals surface area (Å²) in [7, 11) is 0. The van der Waals surface area contributed by atoms with Crippen molar-refractivity contribution in [2.75, 3.05) is 5.32 Å². The summed E-state index contributed by atoms with van der Waals surface area (Å²) in [6.07, 6.45) is 0.801. The van der Waals surface area contributed by atoms with Crippen molar-refractivity contribution in [2.24, 2.45) is 0 Å². The highest BCUT2D eigenvalue weighted by atomic mass is 16.6. The van der Waals surface area contributed by atoms with Crippen molar-refractivity contribution in [2.45, 2.75) is 39.3 Å². The molecule has 1 aromatic carbocycles. The lowest BCUT2D eigenvalue weighted by Crippen LogP contribution is -2.41. The minimum absolute atomic E-state index is 0.0395. The van der Waals surface area contributed by atoms with E-state index in [9.17, 15) is 14.9 Å². The summed E-state index contributed by atoms with van der Waals surface area (Å²) in [5.74, 6) is -0.233. The standard InChI is InChI=1S/C14H18N4O3/c1-4-9(2)16-14(19)10(3)17-12-6-5-11(8-15)7-13(12)18(20)21/h5-7,9-10,17H,4H2,1-3H3,(H,16,19). The smallest absolute Gasteiger partial charge is 0.293 e. The van der Waals surface area contributed by atoms with E-state index in [1.54, 1.807) is 6.92 Å². The van der Waals surface area contributed by atoms with Gasteiger partial charge < -0.3 is 10.6 Å². The fraction of sp³-hybridized carbons (Fsp3) is 0.429. The zero-order valence-electron chi connectivity index (χ0n) is 12.2. The van der Waals surface area contributed by atoms with Gasteiger partial charge in [0, 0.05) is 12.1 Å². The Balaban J connectivity index is 2.90. The second-order valence-corrected chi connectivity index (χ2v) is 4.78. The molecule has 0 fully saturated rings. The Morgan fingerprint density at radius 3 is 2.67 bits per heavy atom. The second-order valence-electron chi connectivity index (χ2n) is 4.78. The van der Waals surface area contributed by atoms with Crippen LogP contribution in [0.2, 0.25) is 0 Å². The molecule has 0 bridgehead atoms. The van der Waals surface area contributed by atoms with Crippen LogP contribution in [0, 0.1) is 21.4 Å². The van der Waals surface area contributed by atoms with E-state index in [0.717, 1.165) is 6.42 Å². The molecule has 7 heteroatoms. The van der Waals surface area contributed by atoms with Gasteiger partial charge in [0.15, 0.2) is 0 Å². The maximum atomic E-state index is 11.9. The molecule has 0 aliphatic rings. The number of nitro groups is 1. The van der Waals surface area contributed by atoms with Crippen LogP contribution in [0.15, 0.2) is 18.2 Å². The number of hydrogen-bond donors (Lipinski definition) is 2. The largest absolute Gasteiger partial charge is 0.368 e. The van der Waals surface area contributed by atoms with Crippen LogP contribution in [0.25, 0.3) is 0 Å². The number of carbonyl (C=O) groups excluding carboxylic acids is 1. The van der Waals surface area contributed by atoms with Crippen LogP contribution in [0.1, 0.15) is 32.8 Å². The van der Waals surface area contributed by atoms with Crippen molar-refractivity contribution in [3.63, 3.8) is 0 Å². The van der Waals surface area contributed by atoms with Crippen LogP contribution in [0.3, 0.4) is 0 Å². The lowest BCUT2D eigenvalue weighted by atomic mass is 10.1. The predicted octanol–water partition coefficient (Wildman–Crippen LogP) is 2.18. The van der Waals surface area contributed by atoms with Gasteiger partial charge in [0.1, 0.15) is 11.7 Å². The number of nitrogens with zero attached hydrogens (tertiary/aromatic N) is 2. The van der Waals surface area contributed by atoms with Crippen molar-refractivity contribution in [3.8, 4) is 6.07 Å². The SMILES string of the molecule is CCC(C)NC(=O)C(C)Nc1ccc(C#N)cc1[N+](=O)[O-]. The number of nitriles is 1. The number of nitrogens with one attached hydrogen (secondary N) is 2. The molecule has 0 aromatic heterocycles. The fourth-order valence-electron chi connectivity index (χ4n) is 1.64. The first-order valence-electron chi connectivity index (χ1n) is 6.64. The maximum absolute atomic E-state index is 11.9. The molecule has 112 valence electrons. The van der Waals surface area contributed by atoms with Gasteiger partial charge >= 0.3 is 0 Å².